The molecule has 2 aliphatic rings. The summed E-state index contributed by atoms with van der Waals surface area (Å²) in [7, 11) is 0. The Morgan fingerprint density at radius 2 is 1.75 bits per heavy atom. The van der Waals surface area contributed by atoms with E-state index < -0.39 is 11.0 Å². The van der Waals surface area contributed by atoms with E-state index >= 15 is 0 Å². The number of amides is 2. The van der Waals surface area contributed by atoms with Crippen molar-refractivity contribution in [2.24, 2.45) is 0 Å². The van der Waals surface area contributed by atoms with E-state index in [2.05, 4.69) is 9.97 Å². The summed E-state index contributed by atoms with van der Waals surface area (Å²) < 4.78 is 5.58. The summed E-state index contributed by atoms with van der Waals surface area (Å²) >= 11 is 6.28. The number of hydrogen-bond donors (Lipinski definition) is 0. The number of likely N-dealkylation sites (tertiary alicyclic amines) is 1. The quantitative estimate of drug-likeness (QED) is 0.301. The van der Waals surface area contributed by atoms with Crippen LogP contribution in [0.25, 0.3) is 21.9 Å². The van der Waals surface area contributed by atoms with Crippen molar-refractivity contribution >= 4 is 40.1 Å². The second-order valence-corrected chi connectivity index (χ2v) is 11.8. The maximum atomic E-state index is 14.3. The minimum Gasteiger partial charge on any atom is -0.444 e. The number of carbonyl (C=O) groups excluding carboxylic acids is 2. The highest BCUT2D eigenvalue weighted by Gasteiger charge is 2.53. The van der Waals surface area contributed by atoms with Crippen LogP contribution in [-0.4, -0.2) is 50.5 Å². The van der Waals surface area contributed by atoms with Crippen molar-refractivity contribution in [2.75, 3.05) is 18.0 Å². The summed E-state index contributed by atoms with van der Waals surface area (Å²) in [6.07, 6.45) is 9.48. The van der Waals surface area contributed by atoms with Gasteiger partial charge in [-0.2, -0.15) is 0 Å². The molecule has 1 fully saturated rings. The van der Waals surface area contributed by atoms with Crippen molar-refractivity contribution in [3.63, 3.8) is 0 Å². The minimum absolute atomic E-state index is 0.0121. The average molecular weight is 556 g/mol. The molecule has 2 amide bonds. The van der Waals surface area contributed by atoms with Gasteiger partial charge in [-0.05, 0) is 80.5 Å². The Hall–Kier alpha value is -4.04. The second-order valence-electron chi connectivity index (χ2n) is 11.4. The topological polar surface area (TPSA) is 88.5 Å². The molecule has 1 aromatic carbocycles. The van der Waals surface area contributed by atoms with Gasteiger partial charge >= 0.3 is 6.09 Å². The number of nitrogens with zero attached hydrogens (tertiary/aromatic N) is 5. The minimum atomic E-state index is -0.724. The predicted molar refractivity (Wildman–Crippen MR) is 154 cm³/mol. The van der Waals surface area contributed by atoms with Gasteiger partial charge in [-0.15, -0.1) is 0 Å². The highest BCUT2D eigenvalue weighted by atomic mass is 35.5. The van der Waals surface area contributed by atoms with Gasteiger partial charge in [0.25, 0.3) is 0 Å². The molecule has 8 nitrogen and oxygen atoms in total. The molecule has 2 aliphatic heterocycles. The monoisotopic (exact) mass is 555 g/mol. The van der Waals surface area contributed by atoms with Gasteiger partial charge in [0.2, 0.25) is 5.91 Å². The fourth-order valence-electron chi connectivity index (χ4n) is 5.87. The largest absolute Gasteiger partial charge is 0.444 e. The fraction of sp³-hybridized carbons (Fsp3) is 0.323. The van der Waals surface area contributed by atoms with Crippen molar-refractivity contribution in [2.45, 2.75) is 51.2 Å². The van der Waals surface area contributed by atoms with Gasteiger partial charge in [-0.1, -0.05) is 17.7 Å². The molecular weight excluding hydrogens is 526 g/mol. The smallest absolute Gasteiger partial charge is 0.410 e. The number of halogens is 1. The van der Waals surface area contributed by atoms with Crippen LogP contribution in [0.3, 0.4) is 0 Å². The van der Waals surface area contributed by atoms with E-state index in [4.69, 9.17) is 21.3 Å². The molecule has 0 atom stereocenters. The number of aromatic nitrogens is 3. The van der Waals surface area contributed by atoms with E-state index in [1.807, 2.05) is 57.2 Å². The van der Waals surface area contributed by atoms with Crippen molar-refractivity contribution < 1.29 is 14.3 Å². The van der Waals surface area contributed by atoms with E-state index in [1.165, 1.54) is 0 Å². The molecule has 4 aromatic rings. The van der Waals surface area contributed by atoms with E-state index in [0.29, 0.717) is 31.0 Å². The second kappa shape index (κ2) is 9.86. The summed E-state index contributed by atoms with van der Waals surface area (Å²) in [5, 5.41) is 2.56. The maximum Gasteiger partial charge on any atom is 0.410 e. The van der Waals surface area contributed by atoms with Crippen LogP contribution in [0.1, 0.15) is 44.9 Å². The Kier molecular flexibility index (Phi) is 6.45. The first-order valence-electron chi connectivity index (χ1n) is 13.4. The van der Waals surface area contributed by atoms with Crippen LogP contribution in [-0.2, 0) is 21.5 Å². The van der Waals surface area contributed by atoms with Gasteiger partial charge in [0.1, 0.15) is 5.60 Å². The molecular formula is C31H30ClN5O3. The van der Waals surface area contributed by atoms with Gasteiger partial charge < -0.3 is 14.5 Å². The predicted octanol–water partition coefficient (Wildman–Crippen LogP) is 6.16. The zero-order valence-corrected chi connectivity index (χ0v) is 23.5. The first-order valence-corrected chi connectivity index (χ1v) is 13.8. The Labute approximate surface area is 238 Å². The van der Waals surface area contributed by atoms with Crippen LogP contribution in [0.4, 0.5) is 10.5 Å². The molecule has 0 N–H and O–H groups in total. The number of rotatable bonds is 3. The van der Waals surface area contributed by atoms with Gasteiger partial charge in [0.15, 0.2) is 0 Å². The Morgan fingerprint density at radius 1 is 1.02 bits per heavy atom. The number of carbonyl (C=O) groups is 2. The molecule has 5 heterocycles. The van der Waals surface area contributed by atoms with E-state index in [-0.39, 0.29) is 18.5 Å². The molecule has 0 saturated carbocycles. The number of benzene rings is 1. The lowest BCUT2D eigenvalue weighted by molar-refractivity contribution is -0.125. The number of ether oxygens (including phenoxy) is 1. The lowest BCUT2D eigenvalue weighted by Gasteiger charge is -2.38. The number of pyridine rings is 3. The van der Waals surface area contributed by atoms with Crippen molar-refractivity contribution in [1.29, 1.82) is 0 Å². The zero-order chi connectivity index (χ0) is 28.1. The lowest BCUT2D eigenvalue weighted by Crippen LogP contribution is -2.50. The summed E-state index contributed by atoms with van der Waals surface area (Å²) in [5.41, 5.74) is 3.12. The molecule has 9 heteroatoms. The van der Waals surface area contributed by atoms with Crippen molar-refractivity contribution in [1.82, 2.24) is 19.9 Å². The van der Waals surface area contributed by atoms with Crippen LogP contribution in [0.5, 0.6) is 0 Å². The molecule has 0 bridgehead atoms. The Bertz CT molecular complexity index is 1610. The SMILES string of the molecule is CC(C)(C)OC(=O)N1CCC2(CC1)C(=O)N(Cc1ncc3cc(Cl)ccc3c1-c1ccncc1)c1cnccc12. The third-order valence-corrected chi connectivity index (χ3v) is 7.97. The summed E-state index contributed by atoms with van der Waals surface area (Å²) in [6.45, 7) is 6.72. The Balaban J connectivity index is 1.36. The summed E-state index contributed by atoms with van der Waals surface area (Å²) in [6, 6.07) is 11.6. The molecule has 204 valence electrons. The molecule has 0 radical (unpaired) electrons. The first kappa shape index (κ1) is 26.2. The van der Waals surface area contributed by atoms with Crippen LogP contribution in [0.2, 0.25) is 5.02 Å². The molecule has 0 aliphatic carbocycles. The van der Waals surface area contributed by atoms with Crippen LogP contribution in [0.15, 0.2) is 67.4 Å². The maximum absolute atomic E-state index is 14.3. The normalized spacial score (nSPS) is 16.4. The van der Waals surface area contributed by atoms with Gasteiger partial charge in [0.05, 0.1) is 29.5 Å². The van der Waals surface area contributed by atoms with Crippen LogP contribution < -0.4 is 4.90 Å². The molecule has 1 spiro atoms. The van der Waals surface area contributed by atoms with Crippen LogP contribution in [0, 0.1) is 0 Å². The fourth-order valence-corrected chi connectivity index (χ4v) is 6.05. The van der Waals surface area contributed by atoms with Crippen LogP contribution >= 0.6 is 11.6 Å². The molecule has 6 rings (SSSR count). The molecule has 0 unspecified atom stereocenters. The van der Waals surface area contributed by atoms with E-state index in [0.717, 1.165) is 38.8 Å². The van der Waals surface area contributed by atoms with E-state index in [9.17, 15) is 9.59 Å². The molecule has 3 aromatic heterocycles. The molecule has 40 heavy (non-hydrogen) atoms. The van der Waals surface area contributed by atoms with Gasteiger partial charge in [-0.3, -0.25) is 19.7 Å². The first-order chi connectivity index (χ1) is 19.2. The zero-order valence-electron chi connectivity index (χ0n) is 22.7. The summed E-state index contributed by atoms with van der Waals surface area (Å²) in [5.74, 6) is 0.0121. The van der Waals surface area contributed by atoms with Gasteiger partial charge in [-0.25, -0.2) is 4.79 Å². The third kappa shape index (κ3) is 4.56. The number of fused-ring (bicyclic) bond motifs is 3. The molecule has 1 saturated heterocycles. The lowest BCUT2D eigenvalue weighted by atomic mass is 9.74. The number of piperidine rings is 1. The van der Waals surface area contributed by atoms with Crippen molar-refractivity contribution in [3.05, 3.63) is 83.7 Å². The highest BCUT2D eigenvalue weighted by Crippen LogP contribution is 2.48. The third-order valence-electron chi connectivity index (χ3n) is 7.74. The highest BCUT2D eigenvalue weighted by molar-refractivity contribution is 6.31. The Morgan fingerprint density at radius 3 is 2.48 bits per heavy atom. The summed E-state index contributed by atoms with van der Waals surface area (Å²) in [4.78, 5) is 43.9. The van der Waals surface area contributed by atoms with Gasteiger partial charge in [0, 0.05) is 53.8 Å². The average Bonchev–Trinajstić information content (AvgIpc) is 3.15. The number of hydrogen-bond acceptors (Lipinski definition) is 6. The number of anilines is 1. The van der Waals surface area contributed by atoms with E-state index in [1.54, 1.807) is 40.8 Å². The standard InChI is InChI=1S/C31H30ClN5O3/c1-30(2,3)40-29(39)36-14-9-31(10-15-36)24-8-13-34-18-26(24)37(28(31)38)19-25-27(20-6-11-33-12-7-20)23-5-4-22(32)16-21(23)17-35-25/h4-8,11-13,16-18H,9-10,14-15,19H2,1-3H3. The van der Waals surface area contributed by atoms with Crippen molar-refractivity contribution in [3.8, 4) is 11.1 Å².